The number of fused-ring (bicyclic) bond motifs is 2. The zero-order valence-corrected chi connectivity index (χ0v) is 15.4. The first-order valence-corrected chi connectivity index (χ1v) is 9.37. The van der Waals surface area contributed by atoms with E-state index in [1.807, 2.05) is 11.8 Å². The number of pyridine rings is 1. The molecule has 3 atom stereocenters. The lowest BCUT2D eigenvalue weighted by molar-refractivity contribution is 0.0691. The maximum Gasteiger partial charge on any atom is 0.258 e. The Morgan fingerprint density at radius 3 is 2.64 bits per heavy atom. The van der Waals surface area contributed by atoms with Crippen LogP contribution in [-0.4, -0.2) is 59.4 Å². The SMILES string of the molecule is Cc1cnc(NC2CC3CC2N(C(=O)c2cccnc2-n2nccn2)C3)nc1. The van der Waals surface area contributed by atoms with Gasteiger partial charge in [-0.2, -0.15) is 10.2 Å². The molecule has 9 nitrogen and oxygen atoms in total. The number of hydrogen-bond donors (Lipinski definition) is 1. The summed E-state index contributed by atoms with van der Waals surface area (Å²) in [6.45, 7) is 2.72. The van der Waals surface area contributed by atoms with Crippen molar-refractivity contribution in [1.82, 2.24) is 34.8 Å². The van der Waals surface area contributed by atoms with Gasteiger partial charge in [-0.1, -0.05) is 0 Å². The quantitative estimate of drug-likeness (QED) is 0.736. The fourth-order valence-corrected chi connectivity index (χ4v) is 4.25. The average Bonchev–Trinajstić information content (AvgIpc) is 3.46. The highest BCUT2D eigenvalue weighted by molar-refractivity contribution is 5.97. The summed E-state index contributed by atoms with van der Waals surface area (Å²) in [7, 11) is 0. The van der Waals surface area contributed by atoms with Crippen molar-refractivity contribution in [3.63, 3.8) is 0 Å². The molecule has 2 fully saturated rings. The fraction of sp³-hybridized carbons (Fsp3) is 0.368. The molecule has 4 heterocycles. The number of hydrogen-bond acceptors (Lipinski definition) is 7. The van der Waals surface area contributed by atoms with E-state index in [2.05, 4.69) is 30.5 Å². The number of anilines is 1. The number of piperidine rings is 1. The van der Waals surface area contributed by atoms with Crippen molar-refractivity contribution in [2.24, 2.45) is 5.92 Å². The number of likely N-dealkylation sites (tertiary alicyclic amines) is 1. The first-order valence-electron chi connectivity index (χ1n) is 9.37. The van der Waals surface area contributed by atoms with E-state index in [-0.39, 0.29) is 18.0 Å². The summed E-state index contributed by atoms with van der Waals surface area (Å²) >= 11 is 0. The Bertz CT molecular complexity index is 987. The number of nitrogens with zero attached hydrogens (tertiary/aromatic N) is 7. The average molecular weight is 376 g/mol. The van der Waals surface area contributed by atoms with E-state index in [9.17, 15) is 4.79 Å². The number of rotatable bonds is 4. The largest absolute Gasteiger partial charge is 0.349 e. The molecule has 2 aliphatic rings. The summed E-state index contributed by atoms with van der Waals surface area (Å²) in [6.07, 6.45) is 10.4. The van der Waals surface area contributed by atoms with E-state index in [0.29, 0.717) is 23.2 Å². The number of aryl methyl sites for hydroxylation is 1. The van der Waals surface area contributed by atoms with Gasteiger partial charge in [0.15, 0.2) is 5.82 Å². The van der Waals surface area contributed by atoms with Gasteiger partial charge in [0.2, 0.25) is 5.95 Å². The summed E-state index contributed by atoms with van der Waals surface area (Å²) in [5.74, 6) is 1.51. The molecule has 1 amide bonds. The standard InChI is InChI=1S/C19H20N8O/c1-12-9-21-19(22-10-12)25-15-7-13-8-16(15)26(11-13)18(28)14-3-2-4-20-17(14)27-23-5-6-24-27/h2-6,9-10,13,15-16H,7-8,11H2,1H3,(H,21,22,25). The summed E-state index contributed by atoms with van der Waals surface area (Å²) in [5.41, 5.74) is 1.53. The molecule has 1 saturated heterocycles. The Balaban J connectivity index is 1.39. The number of nitrogens with one attached hydrogen (secondary N) is 1. The van der Waals surface area contributed by atoms with Gasteiger partial charge in [0.1, 0.15) is 0 Å². The van der Waals surface area contributed by atoms with Gasteiger partial charge in [-0.15, -0.1) is 4.80 Å². The van der Waals surface area contributed by atoms with Crippen LogP contribution in [0.2, 0.25) is 0 Å². The van der Waals surface area contributed by atoms with Crippen LogP contribution in [0, 0.1) is 12.8 Å². The lowest BCUT2D eigenvalue weighted by Crippen LogP contribution is -2.48. The molecule has 1 saturated carbocycles. The van der Waals surface area contributed by atoms with Crippen LogP contribution >= 0.6 is 0 Å². The second-order valence-corrected chi connectivity index (χ2v) is 7.39. The maximum absolute atomic E-state index is 13.4. The zero-order chi connectivity index (χ0) is 19.1. The Labute approximate surface area is 161 Å². The Hall–Kier alpha value is -3.36. The van der Waals surface area contributed by atoms with Gasteiger partial charge in [-0.25, -0.2) is 15.0 Å². The van der Waals surface area contributed by atoms with Crippen LogP contribution in [0.25, 0.3) is 5.82 Å². The minimum Gasteiger partial charge on any atom is -0.349 e. The van der Waals surface area contributed by atoms with Crippen LogP contribution < -0.4 is 5.32 Å². The third-order valence-electron chi connectivity index (χ3n) is 5.46. The van der Waals surface area contributed by atoms with E-state index >= 15 is 0 Å². The lowest BCUT2D eigenvalue weighted by Gasteiger charge is -2.34. The van der Waals surface area contributed by atoms with Crippen molar-refractivity contribution in [3.05, 3.63) is 54.2 Å². The summed E-state index contributed by atoms with van der Waals surface area (Å²) < 4.78 is 0. The van der Waals surface area contributed by atoms with Crippen LogP contribution in [0.1, 0.15) is 28.8 Å². The van der Waals surface area contributed by atoms with Gasteiger partial charge in [0.25, 0.3) is 5.91 Å². The van der Waals surface area contributed by atoms with E-state index < -0.39 is 0 Å². The Kier molecular flexibility index (Phi) is 4.00. The Morgan fingerprint density at radius 1 is 1.11 bits per heavy atom. The normalized spacial score (nSPS) is 23.2. The number of carbonyl (C=O) groups excluding carboxylic acids is 1. The molecular weight excluding hydrogens is 356 g/mol. The van der Waals surface area contributed by atoms with E-state index in [1.165, 1.54) is 4.80 Å². The lowest BCUT2D eigenvalue weighted by atomic mass is 10.0. The van der Waals surface area contributed by atoms with Crippen LogP contribution in [0.15, 0.2) is 43.1 Å². The molecule has 142 valence electrons. The number of amides is 1. The van der Waals surface area contributed by atoms with Crippen molar-refractivity contribution in [2.75, 3.05) is 11.9 Å². The molecule has 1 N–H and O–H groups in total. The summed E-state index contributed by atoms with van der Waals surface area (Å²) in [6, 6.07) is 3.81. The molecule has 3 aromatic heterocycles. The van der Waals surface area contributed by atoms with Crippen molar-refractivity contribution < 1.29 is 4.79 Å². The van der Waals surface area contributed by atoms with Crippen molar-refractivity contribution >= 4 is 11.9 Å². The van der Waals surface area contributed by atoms with Crippen molar-refractivity contribution in [1.29, 1.82) is 0 Å². The van der Waals surface area contributed by atoms with Crippen molar-refractivity contribution in [3.8, 4) is 5.82 Å². The molecule has 2 bridgehead atoms. The van der Waals surface area contributed by atoms with E-state index in [0.717, 1.165) is 24.9 Å². The predicted octanol–water partition coefficient (Wildman–Crippen LogP) is 1.48. The van der Waals surface area contributed by atoms with E-state index in [4.69, 9.17) is 0 Å². The van der Waals surface area contributed by atoms with Crippen molar-refractivity contribution in [2.45, 2.75) is 31.8 Å². The molecule has 0 radical (unpaired) electrons. The van der Waals surface area contributed by atoms with Crippen LogP contribution in [0.5, 0.6) is 0 Å². The topological polar surface area (TPSA) is 102 Å². The van der Waals surface area contributed by atoms with Crippen LogP contribution in [0.3, 0.4) is 0 Å². The number of aromatic nitrogens is 6. The maximum atomic E-state index is 13.4. The summed E-state index contributed by atoms with van der Waals surface area (Å²) in [4.78, 5) is 29.7. The minimum absolute atomic E-state index is 0.0378. The Morgan fingerprint density at radius 2 is 1.89 bits per heavy atom. The third-order valence-corrected chi connectivity index (χ3v) is 5.46. The van der Waals surface area contributed by atoms with Gasteiger partial charge in [0, 0.05) is 31.2 Å². The molecular formula is C19H20N8O. The highest BCUT2D eigenvalue weighted by Gasteiger charge is 2.47. The minimum atomic E-state index is -0.0378. The second kappa shape index (κ2) is 6.66. The molecule has 1 aliphatic heterocycles. The molecule has 0 spiro atoms. The molecule has 5 rings (SSSR count). The smallest absolute Gasteiger partial charge is 0.258 e. The van der Waals surface area contributed by atoms with E-state index in [1.54, 1.807) is 43.1 Å². The predicted molar refractivity (Wildman–Crippen MR) is 101 cm³/mol. The van der Waals surface area contributed by atoms with Gasteiger partial charge in [-0.05, 0) is 43.4 Å². The van der Waals surface area contributed by atoms with Gasteiger partial charge in [0.05, 0.1) is 24.0 Å². The molecule has 1 aliphatic carbocycles. The first kappa shape index (κ1) is 16.8. The number of carbonyl (C=O) groups is 1. The summed E-state index contributed by atoms with van der Waals surface area (Å²) in [5, 5.41) is 11.7. The zero-order valence-electron chi connectivity index (χ0n) is 15.4. The third kappa shape index (κ3) is 2.88. The highest BCUT2D eigenvalue weighted by Crippen LogP contribution is 2.39. The highest BCUT2D eigenvalue weighted by atomic mass is 16.2. The molecule has 0 aromatic carbocycles. The molecule has 9 heteroatoms. The molecule has 3 aromatic rings. The van der Waals surface area contributed by atoms with Crippen LogP contribution in [-0.2, 0) is 0 Å². The van der Waals surface area contributed by atoms with Gasteiger partial charge < -0.3 is 10.2 Å². The molecule has 28 heavy (non-hydrogen) atoms. The monoisotopic (exact) mass is 376 g/mol. The van der Waals surface area contributed by atoms with Crippen LogP contribution in [0.4, 0.5) is 5.95 Å². The fourth-order valence-electron chi connectivity index (χ4n) is 4.25. The van der Waals surface area contributed by atoms with Gasteiger partial charge in [-0.3, -0.25) is 4.79 Å². The molecule has 3 unspecified atom stereocenters. The first-order chi connectivity index (χ1) is 13.7. The second-order valence-electron chi connectivity index (χ2n) is 7.39. The van der Waals surface area contributed by atoms with Gasteiger partial charge >= 0.3 is 0 Å².